The second-order valence-corrected chi connectivity index (χ2v) is 3.57. The number of aryl methyl sites for hydroxylation is 1. The number of nitrogens with two attached hydrogens (primary N) is 1. The lowest BCUT2D eigenvalue weighted by Gasteiger charge is -2.09. The molecular weight excluding hydrogens is 234 g/mol. The molecule has 18 heavy (non-hydrogen) atoms. The van der Waals surface area contributed by atoms with Gasteiger partial charge in [-0.15, -0.1) is 0 Å². The van der Waals surface area contributed by atoms with Gasteiger partial charge in [-0.3, -0.25) is 4.68 Å². The van der Waals surface area contributed by atoms with Gasteiger partial charge in [0.05, 0.1) is 5.56 Å². The van der Waals surface area contributed by atoms with Gasteiger partial charge in [0.25, 0.3) is 0 Å². The second-order valence-electron chi connectivity index (χ2n) is 3.57. The minimum Gasteiger partial charge on any atom is -0.485 e. The molecule has 0 atom stereocenters. The van der Waals surface area contributed by atoms with E-state index < -0.39 is 0 Å². The van der Waals surface area contributed by atoms with Crippen LogP contribution in [-0.2, 0) is 13.7 Å². The van der Waals surface area contributed by atoms with Gasteiger partial charge in [0.15, 0.2) is 11.7 Å². The maximum absolute atomic E-state index is 8.69. The fourth-order valence-corrected chi connectivity index (χ4v) is 1.45. The summed E-state index contributed by atoms with van der Waals surface area (Å²) < 4.78 is 7.21. The molecule has 0 bridgehead atoms. The van der Waals surface area contributed by atoms with Crippen molar-refractivity contribution in [3.63, 3.8) is 0 Å². The Labute approximate surface area is 104 Å². The summed E-state index contributed by atoms with van der Waals surface area (Å²) in [7, 11) is 1.78. The van der Waals surface area contributed by atoms with E-state index >= 15 is 0 Å². The zero-order chi connectivity index (χ0) is 13.0. The molecule has 0 amide bonds. The molecule has 0 aliphatic rings. The van der Waals surface area contributed by atoms with Gasteiger partial charge in [-0.2, -0.15) is 5.10 Å². The summed E-state index contributed by atoms with van der Waals surface area (Å²) in [6, 6.07) is 7.04. The van der Waals surface area contributed by atoms with Crippen LogP contribution in [0.1, 0.15) is 11.4 Å². The van der Waals surface area contributed by atoms with E-state index in [0.717, 1.165) is 0 Å². The summed E-state index contributed by atoms with van der Waals surface area (Å²) in [4.78, 5) is 4.04. The first-order chi connectivity index (χ1) is 8.72. The SMILES string of the molecule is Cn1ncnc1COc1ccccc1C(N)=NO. The Morgan fingerprint density at radius 1 is 1.50 bits per heavy atom. The first-order valence-corrected chi connectivity index (χ1v) is 5.25. The summed E-state index contributed by atoms with van der Waals surface area (Å²) in [6.45, 7) is 0.256. The van der Waals surface area contributed by atoms with Gasteiger partial charge in [0.1, 0.15) is 18.7 Å². The maximum Gasteiger partial charge on any atom is 0.173 e. The van der Waals surface area contributed by atoms with E-state index in [1.807, 2.05) is 0 Å². The van der Waals surface area contributed by atoms with Crippen LogP contribution >= 0.6 is 0 Å². The summed E-state index contributed by atoms with van der Waals surface area (Å²) in [6.07, 6.45) is 1.45. The summed E-state index contributed by atoms with van der Waals surface area (Å²) in [5.74, 6) is 1.21. The Balaban J connectivity index is 2.17. The van der Waals surface area contributed by atoms with Crippen molar-refractivity contribution in [3.05, 3.63) is 42.0 Å². The number of aromatic nitrogens is 3. The Hall–Kier alpha value is -2.57. The lowest BCUT2D eigenvalue weighted by molar-refractivity contribution is 0.288. The average molecular weight is 247 g/mol. The normalized spacial score (nSPS) is 11.5. The molecule has 1 heterocycles. The molecule has 0 radical (unpaired) electrons. The van der Waals surface area contributed by atoms with Crippen LogP contribution in [0.4, 0.5) is 0 Å². The fourth-order valence-electron chi connectivity index (χ4n) is 1.45. The van der Waals surface area contributed by atoms with Crippen LogP contribution in [0.3, 0.4) is 0 Å². The quantitative estimate of drug-likeness (QED) is 0.354. The number of para-hydroxylation sites is 1. The molecule has 0 aliphatic heterocycles. The predicted molar refractivity (Wildman–Crippen MR) is 64.3 cm³/mol. The van der Waals surface area contributed by atoms with Crippen LogP contribution in [0.2, 0.25) is 0 Å². The van der Waals surface area contributed by atoms with E-state index in [9.17, 15) is 0 Å². The molecule has 0 saturated carbocycles. The molecule has 7 heteroatoms. The first kappa shape index (κ1) is 11.9. The highest BCUT2D eigenvalue weighted by Gasteiger charge is 2.09. The summed E-state index contributed by atoms with van der Waals surface area (Å²) in [5, 5.41) is 15.6. The molecule has 0 fully saturated rings. The minimum atomic E-state index is 0.00330. The second kappa shape index (κ2) is 5.17. The third kappa shape index (κ3) is 2.40. The molecular formula is C11H13N5O2. The number of ether oxygens (including phenoxy) is 1. The number of amidine groups is 1. The van der Waals surface area contributed by atoms with Gasteiger partial charge >= 0.3 is 0 Å². The van der Waals surface area contributed by atoms with Gasteiger partial charge in [-0.05, 0) is 12.1 Å². The van der Waals surface area contributed by atoms with Crippen molar-refractivity contribution in [2.24, 2.45) is 17.9 Å². The van der Waals surface area contributed by atoms with Crippen LogP contribution in [0, 0.1) is 0 Å². The minimum absolute atomic E-state index is 0.00330. The van der Waals surface area contributed by atoms with E-state index in [2.05, 4.69) is 15.2 Å². The molecule has 3 N–H and O–H groups in total. The molecule has 0 spiro atoms. The number of hydrogen-bond acceptors (Lipinski definition) is 5. The van der Waals surface area contributed by atoms with Crippen molar-refractivity contribution in [2.45, 2.75) is 6.61 Å². The molecule has 1 aromatic carbocycles. The Kier molecular flexibility index (Phi) is 3.42. The van der Waals surface area contributed by atoms with Gasteiger partial charge in [-0.25, -0.2) is 4.98 Å². The zero-order valence-corrected chi connectivity index (χ0v) is 9.82. The van der Waals surface area contributed by atoms with E-state index in [0.29, 0.717) is 17.1 Å². The van der Waals surface area contributed by atoms with Crippen molar-refractivity contribution in [3.8, 4) is 5.75 Å². The third-order valence-electron chi connectivity index (χ3n) is 2.43. The number of hydrogen-bond donors (Lipinski definition) is 2. The maximum atomic E-state index is 8.69. The third-order valence-corrected chi connectivity index (χ3v) is 2.43. The highest BCUT2D eigenvalue weighted by molar-refractivity contribution is 5.99. The van der Waals surface area contributed by atoms with Crippen molar-refractivity contribution in [1.29, 1.82) is 0 Å². The zero-order valence-electron chi connectivity index (χ0n) is 9.82. The lowest BCUT2D eigenvalue weighted by Crippen LogP contribution is -2.15. The lowest BCUT2D eigenvalue weighted by atomic mass is 10.2. The van der Waals surface area contributed by atoms with Crippen LogP contribution in [0.25, 0.3) is 0 Å². The molecule has 1 aromatic heterocycles. The van der Waals surface area contributed by atoms with Gasteiger partial charge in [-0.1, -0.05) is 17.3 Å². The summed E-state index contributed by atoms with van der Waals surface area (Å²) in [5.41, 5.74) is 6.09. The van der Waals surface area contributed by atoms with E-state index in [1.165, 1.54) is 6.33 Å². The number of benzene rings is 1. The topological polar surface area (TPSA) is 98.5 Å². The molecule has 0 saturated heterocycles. The van der Waals surface area contributed by atoms with Crippen molar-refractivity contribution in [2.75, 3.05) is 0 Å². The average Bonchev–Trinajstić information content (AvgIpc) is 2.81. The largest absolute Gasteiger partial charge is 0.485 e. The highest BCUT2D eigenvalue weighted by atomic mass is 16.5. The monoisotopic (exact) mass is 247 g/mol. The molecule has 0 aliphatic carbocycles. The standard InChI is InChI=1S/C11H13N5O2/c1-16-10(13-7-14-16)6-18-9-5-3-2-4-8(9)11(12)15-17/h2-5,7,17H,6H2,1H3,(H2,12,15). The Morgan fingerprint density at radius 2 is 2.28 bits per heavy atom. The van der Waals surface area contributed by atoms with Crippen LogP contribution in [-0.4, -0.2) is 25.8 Å². The van der Waals surface area contributed by atoms with E-state index in [-0.39, 0.29) is 12.4 Å². The predicted octanol–water partition coefficient (Wildman–Crippen LogP) is 0.489. The Morgan fingerprint density at radius 3 is 2.94 bits per heavy atom. The number of nitrogens with zero attached hydrogens (tertiary/aromatic N) is 4. The van der Waals surface area contributed by atoms with Gasteiger partial charge < -0.3 is 15.7 Å². The molecule has 7 nitrogen and oxygen atoms in total. The van der Waals surface area contributed by atoms with Crippen molar-refractivity contribution < 1.29 is 9.94 Å². The number of oxime groups is 1. The first-order valence-electron chi connectivity index (χ1n) is 5.25. The Bertz CT molecular complexity index is 564. The van der Waals surface area contributed by atoms with Gasteiger partial charge in [0.2, 0.25) is 0 Å². The van der Waals surface area contributed by atoms with Crippen LogP contribution in [0.15, 0.2) is 35.7 Å². The van der Waals surface area contributed by atoms with Crippen molar-refractivity contribution >= 4 is 5.84 Å². The van der Waals surface area contributed by atoms with Crippen LogP contribution < -0.4 is 10.5 Å². The van der Waals surface area contributed by atoms with Crippen molar-refractivity contribution in [1.82, 2.24) is 14.8 Å². The summed E-state index contributed by atoms with van der Waals surface area (Å²) >= 11 is 0. The molecule has 2 aromatic rings. The smallest absolute Gasteiger partial charge is 0.173 e. The molecule has 0 unspecified atom stereocenters. The van der Waals surface area contributed by atoms with E-state index in [4.69, 9.17) is 15.7 Å². The van der Waals surface area contributed by atoms with Crippen LogP contribution in [0.5, 0.6) is 5.75 Å². The van der Waals surface area contributed by atoms with Gasteiger partial charge in [0, 0.05) is 7.05 Å². The fraction of sp³-hybridized carbons (Fsp3) is 0.182. The number of rotatable bonds is 4. The molecule has 94 valence electrons. The van der Waals surface area contributed by atoms with E-state index in [1.54, 1.807) is 36.0 Å². The highest BCUT2D eigenvalue weighted by Crippen LogP contribution is 2.18. The molecule has 2 rings (SSSR count).